The van der Waals surface area contributed by atoms with Gasteiger partial charge in [-0.05, 0) is 63.4 Å². The van der Waals surface area contributed by atoms with Crippen LogP contribution in [0.5, 0.6) is 5.75 Å². The molecule has 5 nitrogen and oxygen atoms in total. The van der Waals surface area contributed by atoms with Gasteiger partial charge in [0, 0.05) is 12.6 Å². The predicted octanol–water partition coefficient (Wildman–Crippen LogP) is 3.80. The molecule has 2 rings (SSSR count). The summed E-state index contributed by atoms with van der Waals surface area (Å²) >= 11 is 0. The summed E-state index contributed by atoms with van der Waals surface area (Å²) in [5, 5.41) is 2.91. The number of hydrogen-bond acceptors (Lipinski definition) is 3. The minimum Gasteiger partial charge on any atom is -0.497 e. The van der Waals surface area contributed by atoms with Crippen LogP contribution in [0.15, 0.2) is 42.5 Å². The first-order valence-electron chi connectivity index (χ1n) is 10.00. The first-order chi connectivity index (χ1) is 13.7. The molecule has 0 aliphatic rings. The largest absolute Gasteiger partial charge is 0.497 e. The predicted molar refractivity (Wildman–Crippen MR) is 116 cm³/mol. The molecule has 2 aromatic rings. The summed E-state index contributed by atoms with van der Waals surface area (Å²) < 4.78 is 5.30. The van der Waals surface area contributed by atoms with Crippen molar-refractivity contribution >= 4 is 11.8 Å². The van der Waals surface area contributed by atoms with Crippen molar-refractivity contribution in [3.8, 4) is 5.75 Å². The Morgan fingerprint density at radius 2 is 1.79 bits per heavy atom. The maximum absolute atomic E-state index is 13.3. The molecule has 0 fully saturated rings. The first kappa shape index (κ1) is 22.5. The molecule has 0 spiro atoms. The van der Waals surface area contributed by atoms with E-state index >= 15 is 0 Å². The van der Waals surface area contributed by atoms with E-state index in [1.165, 1.54) is 0 Å². The third-order valence-corrected chi connectivity index (χ3v) is 4.93. The minimum atomic E-state index is -0.582. The van der Waals surface area contributed by atoms with E-state index in [1.54, 1.807) is 18.9 Å². The number of nitrogens with one attached hydrogen (secondary N) is 1. The Bertz CT molecular complexity index is 861. The van der Waals surface area contributed by atoms with Crippen LogP contribution in [-0.4, -0.2) is 35.9 Å². The van der Waals surface area contributed by atoms with Crippen LogP contribution >= 0.6 is 0 Å². The van der Waals surface area contributed by atoms with Crippen molar-refractivity contribution in [1.29, 1.82) is 0 Å². The standard InChI is InChI=1S/C24H32N2O3/c1-16(2)25-24(28)19(5)26(15-20-8-7-9-22(13-20)29-6)23(27)14-21-12-17(3)10-11-18(21)4/h7-13,16,19H,14-15H2,1-6H3,(H,25,28)/t19-/m1/s1. The van der Waals surface area contributed by atoms with E-state index in [4.69, 9.17) is 4.74 Å². The van der Waals surface area contributed by atoms with Gasteiger partial charge in [0.25, 0.3) is 0 Å². The molecule has 0 saturated heterocycles. The van der Waals surface area contributed by atoms with Crippen molar-refractivity contribution in [2.24, 2.45) is 0 Å². The zero-order valence-corrected chi connectivity index (χ0v) is 18.3. The molecule has 0 unspecified atom stereocenters. The maximum Gasteiger partial charge on any atom is 0.242 e. The van der Waals surface area contributed by atoms with Crippen LogP contribution in [0.2, 0.25) is 0 Å². The lowest BCUT2D eigenvalue weighted by Crippen LogP contribution is -2.49. The highest BCUT2D eigenvalue weighted by Gasteiger charge is 2.27. The van der Waals surface area contributed by atoms with Crippen molar-refractivity contribution in [3.05, 3.63) is 64.7 Å². The third-order valence-electron chi connectivity index (χ3n) is 4.93. The second-order valence-electron chi connectivity index (χ2n) is 7.82. The number of hydrogen-bond donors (Lipinski definition) is 1. The second-order valence-corrected chi connectivity index (χ2v) is 7.82. The smallest absolute Gasteiger partial charge is 0.242 e. The van der Waals surface area contributed by atoms with Crippen LogP contribution in [0.4, 0.5) is 0 Å². The van der Waals surface area contributed by atoms with Gasteiger partial charge in [-0.1, -0.05) is 35.9 Å². The number of methoxy groups -OCH3 is 1. The Balaban J connectivity index is 2.30. The number of amides is 2. The summed E-state index contributed by atoms with van der Waals surface area (Å²) in [5.74, 6) is 0.494. The van der Waals surface area contributed by atoms with Crippen LogP contribution < -0.4 is 10.1 Å². The zero-order valence-electron chi connectivity index (χ0n) is 18.3. The van der Waals surface area contributed by atoms with Crippen LogP contribution in [0.1, 0.15) is 43.0 Å². The topological polar surface area (TPSA) is 58.6 Å². The summed E-state index contributed by atoms with van der Waals surface area (Å²) in [6, 6.07) is 13.1. The molecule has 0 aliphatic carbocycles. The fourth-order valence-electron chi connectivity index (χ4n) is 3.21. The highest BCUT2D eigenvalue weighted by Crippen LogP contribution is 2.18. The van der Waals surface area contributed by atoms with E-state index < -0.39 is 6.04 Å². The summed E-state index contributed by atoms with van der Waals surface area (Å²) in [5.41, 5.74) is 4.10. The van der Waals surface area contributed by atoms with Crippen LogP contribution in [0.3, 0.4) is 0 Å². The molecule has 2 amide bonds. The molecule has 1 N–H and O–H groups in total. The van der Waals surface area contributed by atoms with Crippen molar-refractivity contribution in [2.75, 3.05) is 7.11 Å². The van der Waals surface area contributed by atoms with Gasteiger partial charge in [0.15, 0.2) is 0 Å². The van der Waals surface area contributed by atoms with Crippen molar-refractivity contribution in [2.45, 2.75) is 59.7 Å². The van der Waals surface area contributed by atoms with E-state index in [2.05, 4.69) is 5.32 Å². The Kier molecular flexibility index (Phi) is 7.82. The molecule has 0 bridgehead atoms. The highest BCUT2D eigenvalue weighted by atomic mass is 16.5. The summed E-state index contributed by atoms with van der Waals surface area (Å²) in [6.45, 7) is 9.96. The lowest BCUT2D eigenvalue weighted by Gasteiger charge is -2.30. The number of carbonyl (C=O) groups excluding carboxylic acids is 2. The monoisotopic (exact) mass is 396 g/mol. The number of rotatable bonds is 8. The Morgan fingerprint density at radius 3 is 2.45 bits per heavy atom. The van der Waals surface area contributed by atoms with Gasteiger partial charge in [0.2, 0.25) is 11.8 Å². The summed E-state index contributed by atoms with van der Waals surface area (Å²) in [4.78, 5) is 27.6. The molecule has 0 aromatic heterocycles. The maximum atomic E-state index is 13.3. The molecule has 5 heteroatoms. The van der Waals surface area contributed by atoms with E-state index in [9.17, 15) is 9.59 Å². The average Bonchev–Trinajstić information content (AvgIpc) is 2.68. The number of nitrogens with zero attached hydrogens (tertiary/aromatic N) is 1. The molecule has 156 valence electrons. The second kappa shape index (κ2) is 10.1. The van der Waals surface area contributed by atoms with Gasteiger partial charge >= 0.3 is 0 Å². The number of carbonyl (C=O) groups is 2. The van der Waals surface area contributed by atoms with Gasteiger partial charge in [-0.25, -0.2) is 0 Å². The molecule has 29 heavy (non-hydrogen) atoms. The van der Waals surface area contributed by atoms with Crippen molar-refractivity contribution < 1.29 is 14.3 Å². The van der Waals surface area contributed by atoms with Crippen LogP contribution in [-0.2, 0) is 22.6 Å². The Morgan fingerprint density at radius 1 is 1.07 bits per heavy atom. The fourth-order valence-corrected chi connectivity index (χ4v) is 3.21. The summed E-state index contributed by atoms with van der Waals surface area (Å²) in [7, 11) is 1.61. The highest BCUT2D eigenvalue weighted by molar-refractivity contribution is 5.88. The number of benzene rings is 2. The van der Waals surface area contributed by atoms with Crippen molar-refractivity contribution in [1.82, 2.24) is 10.2 Å². The molecule has 1 atom stereocenters. The van der Waals surface area contributed by atoms with Gasteiger partial charge in [-0.2, -0.15) is 0 Å². The molecule has 0 heterocycles. The third kappa shape index (κ3) is 6.34. The lowest BCUT2D eigenvalue weighted by molar-refractivity contribution is -0.140. The van der Waals surface area contributed by atoms with Gasteiger partial charge in [0.1, 0.15) is 11.8 Å². The van der Waals surface area contributed by atoms with E-state index in [0.717, 1.165) is 28.0 Å². The molecular formula is C24H32N2O3. The van der Waals surface area contributed by atoms with Crippen molar-refractivity contribution in [3.63, 3.8) is 0 Å². The SMILES string of the molecule is COc1cccc(CN(C(=O)Cc2cc(C)ccc2C)[C@H](C)C(=O)NC(C)C)c1. The summed E-state index contributed by atoms with van der Waals surface area (Å²) in [6.07, 6.45) is 0.261. The Hall–Kier alpha value is -2.82. The van der Waals surface area contributed by atoms with E-state index in [1.807, 2.05) is 70.2 Å². The van der Waals surface area contributed by atoms with Gasteiger partial charge < -0.3 is 15.0 Å². The lowest BCUT2D eigenvalue weighted by atomic mass is 10.0. The average molecular weight is 397 g/mol. The quantitative estimate of drug-likeness (QED) is 0.738. The molecule has 2 aromatic carbocycles. The number of ether oxygens (including phenoxy) is 1. The van der Waals surface area contributed by atoms with Gasteiger partial charge in [-0.15, -0.1) is 0 Å². The van der Waals surface area contributed by atoms with Crippen LogP contribution in [0, 0.1) is 13.8 Å². The number of aryl methyl sites for hydroxylation is 2. The minimum absolute atomic E-state index is 0.0118. The fraction of sp³-hybridized carbons (Fsp3) is 0.417. The van der Waals surface area contributed by atoms with E-state index in [0.29, 0.717) is 6.54 Å². The molecular weight excluding hydrogens is 364 g/mol. The van der Waals surface area contributed by atoms with Gasteiger partial charge in [0.05, 0.1) is 13.5 Å². The Labute approximate surface area is 174 Å². The molecule has 0 saturated carbocycles. The van der Waals surface area contributed by atoms with E-state index in [-0.39, 0.29) is 24.3 Å². The van der Waals surface area contributed by atoms with Crippen LogP contribution in [0.25, 0.3) is 0 Å². The first-order valence-corrected chi connectivity index (χ1v) is 10.00. The van der Waals surface area contributed by atoms with Gasteiger partial charge in [-0.3, -0.25) is 9.59 Å². The molecule has 0 radical (unpaired) electrons. The normalized spacial score (nSPS) is 11.8. The zero-order chi connectivity index (χ0) is 21.6. The molecule has 0 aliphatic heterocycles.